The van der Waals surface area contributed by atoms with Crippen LogP contribution < -0.4 is 4.74 Å². The number of sulfonamides is 1. The first-order valence-electron chi connectivity index (χ1n) is 9.35. The average Bonchev–Trinajstić information content (AvgIpc) is 3.38. The smallest absolute Gasteiger partial charge is 0.245 e. The number of nitrogens with zero attached hydrogens (tertiary/aromatic N) is 4. The number of rotatable bonds is 8. The number of halogens is 2. The third-order valence-electron chi connectivity index (χ3n) is 4.90. The zero-order valence-corrected chi connectivity index (χ0v) is 18.2. The first-order chi connectivity index (χ1) is 14.4. The second-order valence-electron chi connectivity index (χ2n) is 6.87. The van der Waals surface area contributed by atoms with Crippen molar-refractivity contribution < 1.29 is 13.2 Å². The van der Waals surface area contributed by atoms with Crippen LogP contribution in [0.3, 0.4) is 0 Å². The molecule has 0 aliphatic heterocycles. The highest BCUT2D eigenvalue weighted by Gasteiger charge is 2.28. The quantitative estimate of drug-likeness (QED) is 0.545. The van der Waals surface area contributed by atoms with Gasteiger partial charge in [0.05, 0.1) is 11.6 Å². The van der Waals surface area contributed by atoms with E-state index >= 15 is 0 Å². The van der Waals surface area contributed by atoms with E-state index in [2.05, 4.69) is 26.7 Å². The number of aryl methyl sites for hydroxylation is 2. The molecule has 1 N–H and O–H groups in total. The number of aromatic nitrogens is 4. The van der Waals surface area contributed by atoms with Crippen molar-refractivity contribution in [1.82, 2.24) is 24.9 Å². The van der Waals surface area contributed by atoms with Gasteiger partial charge in [-0.05, 0) is 60.7 Å². The molecule has 4 rings (SSSR count). The van der Waals surface area contributed by atoms with Gasteiger partial charge in [0.1, 0.15) is 17.3 Å². The third-order valence-corrected chi connectivity index (χ3v) is 7.46. The summed E-state index contributed by atoms with van der Waals surface area (Å²) in [5.74, 6) is 0.957. The Labute approximate surface area is 184 Å². The summed E-state index contributed by atoms with van der Waals surface area (Å²) in [6.07, 6.45) is 3.28. The number of H-pyrrole nitrogens is 1. The van der Waals surface area contributed by atoms with Gasteiger partial charge < -0.3 is 4.74 Å². The summed E-state index contributed by atoms with van der Waals surface area (Å²) in [4.78, 5) is -0.0467. The molecule has 3 aromatic rings. The lowest BCUT2D eigenvalue weighted by molar-refractivity contribution is 0.267. The van der Waals surface area contributed by atoms with Crippen molar-refractivity contribution in [2.45, 2.75) is 30.7 Å². The van der Waals surface area contributed by atoms with Gasteiger partial charge in [-0.15, -0.1) is 10.2 Å². The van der Waals surface area contributed by atoms with Gasteiger partial charge in [-0.2, -0.15) is 9.52 Å². The maximum Gasteiger partial charge on any atom is 0.245 e. The first-order valence-corrected chi connectivity index (χ1v) is 11.6. The maximum absolute atomic E-state index is 13.2. The monoisotopic (exact) mass is 467 g/mol. The molecule has 1 aliphatic carbocycles. The number of benzene rings is 2. The molecule has 0 fully saturated rings. The van der Waals surface area contributed by atoms with Gasteiger partial charge >= 0.3 is 0 Å². The van der Waals surface area contributed by atoms with Gasteiger partial charge in [-0.3, -0.25) is 0 Å². The van der Waals surface area contributed by atoms with Crippen molar-refractivity contribution in [3.8, 4) is 5.75 Å². The Morgan fingerprint density at radius 2 is 1.93 bits per heavy atom. The molecule has 0 bridgehead atoms. The normalized spacial score (nSPS) is 13.6. The molecule has 0 atom stereocenters. The molecule has 1 heterocycles. The van der Waals surface area contributed by atoms with Crippen LogP contribution in [0.4, 0.5) is 0 Å². The van der Waals surface area contributed by atoms with Gasteiger partial charge in [0.15, 0.2) is 5.82 Å². The molecular weight excluding hydrogens is 449 g/mol. The molecule has 158 valence electrons. The summed E-state index contributed by atoms with van der Waals surface area (Å²) in [6, 6.07) is 10.3. The van der Waals surface area contributed by atoms with E-state index in [0.717, 1.165) is 25.0 Å². The highest BCUT2D eigenvalue weighted by molar-refractivity contribution is 7.89. The zero-order valence-electron chi connectivity index (χ0n) is 15.9. The second kappa shape index (κ2) is 8.89. The predicted octanol–water partition coefficient (Wildman–Crippen LogP) is 3.27. The Bertz CT molecular complexity index is 1140. The van der Waals surface area contributed by atoms with Crippen LogP contribution in [-0.2, 0) is 29.4 Å². The van der Waals surface area contributed by atoms with E-state index in [9.17, 15) is 8.42 Å². The number of tetrazole rings is 1. The van der Waals surface area contributed by atoms with Crippen LogP contribution in [0.15, 0.2) is 41.3 Å². The molecular formula is C19H19Cl2N5O3S. The first kappa shape index (κ1) is 21.0. The lowest BCUT2D eigenvalue weighted by Crippen LogP contribution is -2.34. The summed E-state index contributed by atoms with van der Waals surface area (Å²) in [5.41, 5.74) is 2.64. The molecule has 8 nitrogen and oxygen atoms in total. The molecule has 0 saturated carbocycles. The van der Waals surface area contributed by atoms with Crippen LogP contribution in [0.5, 0.6) is 5.75 Å². The lowest BCUT2D eigenvalue weighted by atomic mass is 10.1. The van der Waals surface area contributed by atoms with Crippen LogP contribution >= 0.6 is 23.2 Å². The molecule has 1 aliphatic rings. The minimum absolute atomic E-state index is 0.0418. The van der Waals surface area contributed by atoms with Crippen molar-refractivity contribution in [2.75, 3.05) is 13.2 Å². The molecule has 11 heteroatoms. The van der Waals surface area contributed by atoms with E-state index in [-0.39, 0.29) is 35.4 Å². The fourth-order valence-corrected chi connectivity index (χ4v) is 5.54. The second-order valence-corrected chi connectivity index (χ2v) is 9.62. The summed E-state index contributed by atoms with van der Waals surface area (Å²) in [6.45, 7) is 0.152. The van der Waals surface area contributed by atoms with Gasteiger partial charge in [-0.1, -0.05) is 34.5 Å². The SMILES string of the molecule is O=S(=O)(c1ccc(Cl)cc1Cl)N(CCOc1ccc2c(c1)CCC2)Cc1nn[nH]n1. The van der Waals surface area contributed by atoms with Crippen LogP contribution in [0.1, 0.15) is 23.4 Å². The van der Waals surface area contributed by atoms with E-state index < -0.39 is 10.0 Å². The van der Waals surface area contributed by atoms with E-state index in [1.807, 2.05) is 12.1 Å². The maximum atomic E-state index is 13.2. The Balaban J connectivity index is 1.52. The topological polar surface area (TPSA) is 101 Å². The highest BCUT2D eigenvalue weighted by atomic mass is 35.5. The molecule has 0 spiro atoms. The third kappa shape index (κ3) is 4.59. The van der Waals surface area contributed by atoms with Crippen molar-refractivity contribution >= 4 is 33.2 Å². The van der Waals surface area contributed by atoms with Crippen molar-refractivity contribution in [3.05, 3.63) is 63.4 Å². The van der Waals surface area contributed by atoms with Crippen molar-refractivity contribution in [2.24, 2.45) is 0 Å². The summed E-state index contributed by atoms with van der Waals surface area (Å²) >= 11 is 12.1. The lowest BCUT2D eigenvalue weighted by Gasteiger charge is -2.21. The largest absolute Gasteiger partial charge is 0.492 e. The summed E-state index contributed by atoms with van der Waals surface area (Å²) in [7, 11) is -3.95. The predicted molar refractivity (Wildman–Crippen MR) is 112 cm³/mol. The van der Waals surface area contributed by atoms with Crippen molar-refractivity contribution in [1.29, 1.82) is 0 Å². The fourth-order valence-electron chi connectivity index (χ4n) is 3.42. The van der Waals surface area contributed by atoms with Crippen LogP contribution in [-0.4, -0.2) is 46.5 Å². The fraction of sp³-hybridized carbons (Fsp3) is 0.316. The Hall–Kier alpha value is -2.20. The van der Waals surface area contributed by atoms with Crippen LogP contribution in [0.2, 0.25) is 10.0 Å². The number of hydrogen-bond acceptors (Lipinski definition) is 6. The number of ether oxygens (including phenoxy) is 1. The van der Waals surface area contributed by atoms with Gasteiger partial charge in [0, 0.05) is 11.6 Å². The minimum Gasteiger partial charge on any atom is -0.492 e. The highest BCUT2D eigenvalue weighted by Crippen LogP contribution is 2.29. The zero-order chi connectivity index (χ0) is 21.1. The molecule has 0 unspecified atom stereocenters. The Morgan fingerprint density at radius 3 is 2.70 bits per heavy atom. The molecule has 0 amide bonds. The Kier molecular flexibility index (Phi) is 6.24. The molecule has 30 heavy (non-hydrogen) atoms. The minimum atomic E-state index is -3.95. The molecule has 1 aromatic heterocycles. The van der Waals surface area contributed by atoms with Gasteiger partial charge in [-0.25, -0.2) is 8.42 Å². The van der Waals surface area contributed by atoms with Crippen LogP contribution in [0.25, 0.3) is 0 Å². The average molecular weight is 468 g/mol. The van der Waals surface area contributed by atoms with E-state index in [1.165, 1.54) is 33.6 Å². The van der Waals surface area contributed by atoms with E-state index in [1.54, 1.807) is 0 Å². The number of hydrogen-bond donors (Lipinski definition) is 1. The number of fused-ring (bicyclic) bond motifs is 1. The molecule has 2 aromatic carbocycles. The van der Waals surface area contributed by atoms with Gasteiger partial charge in [0.25, 0.3) is 0 Å². The Morgan fingerprint density at radius 1 is 1.10 bits per heavy atom. The van der Waals surface area contributed by atoms with Crippen LogP contribution in [0, 0.1) is 0 Å². The van der Waals surface area contributed by atoms with Crippen molar-refractivity contribution in [3.63, 3.8) is 0 Å². The van der Waals surface area contributed by atoms with E-state index in [4.69, 9.17) is 27.9 Å². The summed E-state index contributed by atoms with van der Waals surface area (Å²) < 4.78 is 33.5. The van der Waals surface area contributed by atoms with Gasteiger partial charge in [0.2, 0.25) is 10.0 Å². The molecule has 0 radical (unpaired) electrons. The van der Waals surface area contributed by atoms with E-state index in [0.29, 0.717) is 5.02 Å². The summed E-state index contributed by atoms with van der Waals surface area (Å²) in [5, 5.41) is 13.9. The standard InChI is InChI=1S/C19H19Cl2N5O3S/c20-15-5-7-18(17(21)11-15)30(27,28)26(12-19-22-24-25-23-19)8-9-29-16-6-4-13-2-1-3-14(13)10-16/h4-7,10-11H,1-3,8-9,12H2,(H,22,23,24,25). The number of nitrogens with one attached hydrogen (secondary N) is 1. The molecule has 0 saturated heterocycles. The number of aromatic amines is 1.